The second-order valence-corrected chi connectivity index (χ2v) is 7.80. The average molecular weight is 497 g/mol. The second-order valence-electron chi connectivity index (χ2n) is 7.80. The van der Waals surface area contributed by atoms with Crippen molar-refractivity contribution >= 4 is 17.4 Å². The highest BCUT2D eigenvalue weighted by atomic mass is 16.4. The van der Waals surface area contributed by atoms with Gasteiger partial charge >= 0.3 is 0 Å². The third-order valence-electron chi connectivity index (χ3n) is 5.75. The van der Waals surface area contributed by atoms with E-state index in [1.165, 1.54) is 0 Å². The fourth-order valence-electron chi connectivity index (χ4n) is 4.12. The molecule has 0 spiro atoms. The summed E-state index contributed by atoms with van der Waals surface area (Å²) in [5, 5.41) is 39.1. The van der Waals surface area contributed by atoms with Gasteiger partial charge in [-0.05, 0) is 0 Å². The summed E-state index contributed by atoms with van der Waals surface area (Å²) in [4.78, 5) is 39.6. The van der Waals surface area contributed by atoms with Crippen molar-refractivity contribution in [3.05, 3.63) is 93.8 Å². The van der Waals surface area contributed by atoms with Crippen LogP contribution in [-0.2, 0) is 0 Å². The first-order valence-electron chi connectivity index (χ1n) is 10.7. The molecule has 4 aromatic rings. The Hall–Kier alpha value is -6.32. The number of hydrogen-bond acceptors (Lipinski definition) is 11. The fraction of sp³-hybridized carbons (Fsp3) is 0. The maximum atomic E-state index is 12.1. The Morgan fingerprint density at radius 3 is 1.74 bits per heavy atom. The van der Waals surface area contributed by atoms with Gasteiger partial charge in [-0.25, -0.2) is 19.9 Å². The van der Waals surface area contributed by atoms with Gasteiger partial charge in [-0.1, -0.05) is 53.7 Å². The van der Waals surface area contributed by atoms with Gasteiger partial charge in [0.1, 0.15) is 46.7 Å². The van der Waals surface area contributed by atoms with E-state index in [9.17, 15) is 9.59 Å². The number of oxime groups is 1. The quantitative estimate of drug-likeness (QED) is 0.249. The van der Waals surface area contributed by atoms with E-state index in [2.05, 4.69) is 25.1 Å². The Morgan fingerprint density at radius 1 is 0.711 bits per heavy atom. The minimum absolute atomic E-state index is 0.0549. The van der Waals surface area contributed by atoms with Gasteiger partial charge < -0.3 is 10.9 Å². The number of rotatable bonds is 1. The van der Waals surface area contributed by atoms with Gasteiger partial charge in [0.2, 0.25) is 5.78 Å². The topological polar surface area (TPSA) is 216 Å². The lowest BCUT2D eigenvalue weighted by Crippen LogP contribution is -2.18. The largest absolute Gasteiger partial charge is 0.410 e. The normalized spacial score (nSPS) is 12.6. The van der Waals surface area contributed by atoms with Crippen molar-refractivity contribution in [1.82, 2.24) is 19.9 Å². The molecule has 6 rings (SSSR count). The molecule has 2 aromatic carbocycles. The molecule has 1 amide bonds. The van der Waals surface area contributed by atoms with Crippen LogP contribution >= 0.6 is 0 Å². The van der Waals surface area contributed by atoms with Crippen LogP contribution < -0.4 is 5.73 Å². The van der Waals surface area contributed by atoms with Crippen LogP contribution in [0.25, 0.3) is 22.5 Å². The lowest BCUT2D eigenvalue weighted by atomic mass is 10.1. The monoisotopic (exact) mass is 497 g/mol. The summed E-state index contributed by atoms with van der Waals surface area (Å²) in [5.41, 5.74) is 8.50. The molecule has 0 saturated heterocycles. The molecule has 0 saturated carbocycles. The number of nitrogens with two attached hydrogens (primary N) is 1. The van der Waals surface area contributed by atoms with E-state index >= 15 is 0 Å². The Bertz CT molecular complexity index is 1870. The van der Waals surface area contributed by atoms with Gasteiger partial charge in [0.15, 0.2) is 22.8 Å². The molecular formula is C26H11N9O3. The Balaban J connectivity index is 0.000000156. The average Bonchev–Trinajstić information content (AvgIpc) is 3.42. The third-order valence-corrected chi connectivity index (χ3v) is 5.75. The molecular weight excluding hydrogens is 486 g/mol. The van der Waals surface area contributed by atoms with Gasteiger partial charge in [0, 0.05) is 22.3 Å². The molecule has 0 radical (unpaired) electrons. The first-order valence-corrected chi connectivity index (χ1v) is 10.7. The summed E-state index contributed by atoms with van der Waals surface area (Å²) in [6, 6.07) is 19.4. The van der Waals surface area contributed by atoms with Crippen molar-refractivity contribution in [2.75, 3.05) is 0 Å². The van der Waals surface area contributed by atoms with Gasteiger partial charge in [0.05, 0.1) is 0 Å². The van der Waals surface area contributed by atoms with Crippen molar-refractivity contribution in [1.29, 1.82) is 15.8 Å². The smallest absolute Gasteiger partial charge is 0.270 e. The zero-order valence-electron chi connectivity index (χ0n) is 19.0. The Kier molecular flexibility index (Phi) is 5.57. The molecule has 2 aliphatic carbocycles. The maximum Gasteiger partial charge on any atom is 0.270 e. The van der Waals surface area contributed by atoms with Crippen LogP contribution in [0.3, 0.4) is 0 Å². The number of carbonyl (C=O) groups excluding carboxylic acids is 2. The summed E-state index contributed by atoms with van der Waals surface area (Å²) < 4.78 is 0. The van der Waals surface area contributed by atoms with Crippen LogP contribution in [0.15, 0.2) is 53.7 Å². The molecule has 3 N–H and O–H groups in total. The molecule has 0 fully saturated rings. The van der Waals surface area contributed by atoms with Crippen LogP contribution in [0.1, 0.15) is 54.9 Å². The van der Waals surface area contributed by atoms with Crippen LogP contribution in [-0.4, -0.2) is 42.5 Å². The number of aromatic nitrogens is 4. The SMILES string of the molecule is N#Cc1nc2c(nc1C#N)-c1ccccc1C2=O.N#Cc1nc2c(nc1C(N)=O)-c1ccccc1C2=NO. The number of benzene rings is 2. The summed E-state index contributed by atoms with van der Waals surface area (Å²) in [7, 11) is 0. The van der Waals surface area contributed by atoms with Crippen LogP contribution in [0.4, 0.5) is 0 Å². The molecule has 2 heterocycles. The van der Waals surface area contributed by atoms with Gasteiger partial charge in [-0.15, -0.1) is 0 Å². The summed E-state index contributed by atoms with van der Waals surface area (Å²) >= 11 is 0. The third kappa shape index (κ3) is 3.49. The number of nitriles is 3. The first-order chi connectivity index (χ1) is 18.4. The van der Waals surface area contributed by atoms with E-state index in [0.29, 0.717) is 33.6 Å². The van der Waals surface area contributed by atoms with Crippen LogP contribution in [0.5, 0.6) is 0 Å². The van der Waals surface area contributed by atoms with E-state index in [1.807, 2.05) is 6.07 Å². The van der Waals surface area contributed by atoms with E-state index in [4.69, 9.17) is 26.7 Å². The number of primary amides is 1. The van der Waals surface area contributed by atoms with Crippen molar-refractivity contribution in [3.8, 4) is 40.7 Å². The van der Waals surface area contributed by atoms with Gasteiger partial charge in [-0.3, -0.25) is 9.59 Å². The molecule has 12 heteroatoms. The first kappa shape index (κ1) is 23.4. The lowest BCUT2D eigenvalue weighted by Gasteiger charge is -2.02. The maximum absolute atomic E-state index is 12.1. The molecule has 178 valence electrons. The molecule has 38 heavy (non-hydrogen) atoms. The number of carbonyl (C=O) groups is 2. The van der Waals surface area contributed by atoms with E-state index in [0.717, 1.165) is 0 Å². The highest BCUT2D eigenvalue weighted by Gasteiger charge is 2.32. The van der Waals surface area contributed by atoms with E-state index in [1.54, 1.807) is 60.7 Å². The van der Waals surface area contributed by atoms with Gasteiger partial charge in [-0.2, -0.15) is 15.8 Å². The number of hydrogen-bond donors (Lipinski definition) is 2. The zero-order chi connectivity index (χ0) is 27.0. The van der Waals surface area contributed by atoms with Gasteiger partial charge in [0.25, 0.3) is 5.91 Å². The molecule has 12 nitrogen and oxygen atoms in total. The van der Waals surface area contributed by atoms with Crippen molar-refractivity contribution in [2.24, 2.45) is 10.9 Å². The molecule has 2 aliphatic rings. The molecule has 0 aliphatic heterocycles. The minimum Gasteiger partial charge on any atom is -0.410 e. The summed E-state index contributed by atoms with van der Waals surface area (Å²) in [6.45, 7) is 0. The zero-order valence-corrected chi connectivity index (χ0v) is 19.0. The standard InChI is InChI=1S/C13H7N5O2.C13H4N4O/c14-5-8-11(13(15)19)17-9-6-3-1-2-4-7(6)10(18-20)12(9)16-8;14-5-9-10(6-15)17-12-11(16-9)7-3-1-2-4-8(7)13(12)18/h1-4,20H,(H2,15,19);1-4H. The van der Waals surface area contributed by atoms with E-state index < -0.39 is 5.91 Å². The summed E-state index contributed by atoms with van der Waals surface area (Å²) in [6.07, 6.45) is 0. The fourth-order valence-corrected chi connectivity index (χ4v) is 4.12. The van der Waals surface area contributed by atoms with Crippen molar-refractivity contribution in [3.63, 3.8) is 0 Å². The number of ketones is 1. The Labute approximate surface area is 213 Å². The number of fused-ring (bicyclic) bond motifs is 6. The minimum atomic E-state index is -0.830. The predicted octanol–water partition coefficient (Wildman–Crippen LogP) is 2.09. The highest BCUT2D eigenvalue weighted by Crippen LogP contribution is 2.35. The highest BCUT2D eigenvalue weighted by molar-refractivity contribution is 6.23. The van der Waals surface area contributed by atoms with Crippen molar-refractivity contribution in [2.45, 2.75) is 0 Å². The number of amides is 1. The predicted molar refractivity (Wildman–Crippen MR) is 128 cm³/mol. The second kappa shape index (κ2) is 9.04. The molecule has 2 aromatic heterocycles. The lowest BCUT2D eigenvalue weighted by molar-refractivity contribution is 0.0993. The van der Waals surface area contributed by atoms with Crippen molar-refractivity contribution < 1.29 is 14.8 Å². The Morgan fingerprint density at radius 2 is 1.18 bits per heavy atom. The number of nitrogens with zero attached hydrogens (tertiary/aromatic N) is 8. The molecule has 0 unspecified atom stereocenters. The molecule has 0 bridgehead atoms. The van der Waals surface area contributed by atoms with Crippen LogP contribution in [0, 0.1) is 34.0 Å². The van der Waals surface area contributed by atoms with Crippen LogP contribution in [0.2, 0.25) is 0 Å². The summed E-state index contributed by atoms with van der Waals surface area (Å²) in [5.74, 6) is -1.09. The van der Waals surface area contributed by atoms with E-state index in [-0.39, 0.29) is 45.7 Å². The molecule has 0 atom stereocenters.